The molecule has 4 unspecified atom stereocenters. The van der Waals surface area contributed by atoms with E-state index < -0.39 is 0 Å². The van der Waals surface area contributed by atoms with E-state index in [-0.39, 0.29) is 6.10 Å². The molecule has 0 spiro atoms. The molecule has 2 nitrogen and oxygen atoms in total. The first-order valence-corrected chi connectivity index (χ1v) is 5.91. The quantitative estimate of drug-likeness (QED) is 0.755. The van der Waals surface area contributed by atoms with Gasteiger partial charge in [-0.3, -0.25) is 0 Å². The molecule has 2 heteroatoms. The van der Waals surface area contributed by atoms with Crippen LogP contribution in [0.25, 0.3) is 0 Å². The van der Waals surface area contributed by atoms with E-state index >= 15 is 0 Å². The molecule has 1 fully saturated rings. The zero-order valence-corrected chi connectivity index (χ0v) is 9.70. The van der Waals surface area contributed by atoms with E-state index in [4.69, 9.17) is 4.74 Å². The first-order chi connectivity index (χ1) is 6.65. The van der Waals surface area contributed by atoms with Crippen LogP contribution in [0.4, 0.5) is 0 Å². The number of aliphatic hydroxyl groups excluding tert-OH is 1. The van der Waals surface area contributed by atoms with Gasteiger partial charge in [0.2, 0.25) is 0 Å². The van der Waals surface area contributed by atoms with Crippen LogP contribution in [0.2, 0.25) is 0 Å². The minimum absolute atomic E-state index is 0.245. The minimum Gasteiger partial charge on any atom is -0.390 e. The van der Waals surface area contributed by atoms with Gasteiger partial charge in [-0.05, 0) is 37.5 Å². The van der Waals surface area contributed by atoms with Crippen molar-refractivity contribution in [2.24, 2.45) is 17.8 Å². The highest BCUT2D eigenvalue weighted by Gasteiger charge is 2.28. The third-order valence-electron chi connectivity index (χ3n) is 3.68. The molecule has 1 rings (SSSR count). The molecule has 1 aliphatic carbocycles. The lowest BCUT2D eigenvalue weighted by Crippen LogP contribution is -2.32. The van der Waals surface area contributed by atoms with Gasteiger partial charge in [-0.2, -0.15) is 0 Å². The van der Waals surface area contributed by atoms with Crippen LogP contribution in [-0.2, 0) is 4.74 Å². The van der Waals surface area contributed by atoms with E-state index in [1.54, 1.807) is 0 Å². The molecule has 1 N–H and O–H groups in total. The zero-order chi connectivity index (χ0) is 10.6. The van der Waals surface area contributed by atoms with Crippen molar-refractivity contribution in [1.82, 2.24) is 0 Å². The Kier molecular flexibility index (Phi) is 4.90. The number of ether oxygens (including phenoxy) is 1. The van der Waals surface area contributed by atoms with Crippen LogP contribution in [-0.4, -0.2) is 24.4 Å². The molecule has 1 saturated carbocycles. The van der Waals surface area contributed by atoms with Gasteiger partial charge in [0.05, 0.1) is 12.7 Å². The van der Waals surface area contributed by atoms with Crippen molar-refractivity contribution in [3.63, 3.8) is 0 Å². The van der Waals surface area contributed by atoms with Gasteiger partial charge in [0, 0.05) is 6.61 Å². The average molecular weight is 200 g/mol. The summed E-state index contributed by atoms with van der Waals surface area (Å²) in [5.74, 6) is 2.04. The summed E-state index contributed by atoms with van der Waals surface area (Å²) in [6, 6.07) is 0. The van der Waals surface area contributed by atoms with Gasteiger partial charge in [0.15, 0.2) is 0 Å². The fraction of sp³-hybridized carbons (Fsp3) is 1.00. The number of aliphatic hydroxyl groups is 1. The van der Waals surface area contributed by atoms with Crippen LogP contribution < -0.4 is 0 Å². The minimum atomic E-state index is -0.245. The maximum Gasteiger partial charge on any atom is 0.0801 e. The van der Waals surface area contributed by atoms with Crippen molar-refractivity contribution in [3.05, 3.63) is 0 Å². The van der Waals surface area contributed by atoms with E-state index in [1.807, 2.05) is 6.92 Å². The fourth-order valence-electron chi connectivity index (χ4n) is 2.31. The van der Waals surface area contributed by atoms with Gasteiger partial charge in [-0.15, -0.1) is 0 Å². The molecule has 0 amide bonds. The fourth-order valence-corrected chi connectivity index (χ4v) is 2.31. The van der Waals surface area contributed by atoms with Crippen molar-refractivity contribution in [3.8, 4) is 0 Å². The highest BCUT2D eigenvalue weighted by Crippen LogP contribution is 2.34. The van der Waals surface area contributed by atoms with Crippen molar-refractivity contribution < 1.29 is 9.84 Å². The molecule has 0 aliphatic heterocycles. The lowest BCUT2D eigenvalue weighted by atomic mass is 9.74. The standard InChI is InChI=1S/C12H24O2/c1-4-14-8-12(13)11-6-5-9(2)10(3)7-11/h9-13H,4-8H2,1-3H3. The van der Waals surface area contributed by atoms with E-state index in [1.165, 1.54) is 12.8 Å². The summed E-state index contributed by atoms with van der Waals surface area (Å²) < 4.78 is 5.26. The summed E-state index contributed by atoms with van der Waals surface area (Å²) in [7, 11) is 0. The Morgan fingerprint density at radius 2 is 2.00 bits per heavy atom. The third kappa shape index (κ3) is 3.25. The number of hydrogen-bond donors (Lipinski definition) is 1. The van der Waals surface area contributed by atoms with E-state index in [0.717, 1.165) is 18.3 Å². The summed E-state index contributed by atoms with van der Waals surface area (Å²) in [6.07, 6.45) is 3.34. The van der Waals surface area contributed by atoms with Crippen molar-refractivity contribution in [2.75, 3.05) is 13.2 Å². The van der Waals surface area contributed by atoms with Crippen LogP contribution in [0.15, 0.2) is 0 Å². The first kappa shape index (κ1) is 12.0. The Labute approximate surface area is 87.7 Å². The van der Waals surface area contributed by atoms with Crippen LogP contribution in [0.1, 0.15) is 40.0 Å². The van der Waals surface area contributed by atoms with Crippen LogP contribution in [0.5, 0.6) is 0 Å². The Morgan fingerprint density at radius 1 is 1.29 bits per heavy atom. The van der Waals surface area contributed by atoms with Gasteiger partial charge >= 0.3 is 0 Å². The molecule has 0 saturated heterocycles. The Morgan fingerprint density at radius 3 is 2.57 bits per heavy atom. The van der Waals surface area contributed by atoms with Gasteiger partial charge in [0.1, 0.15) is 0 Å². The molecule has 4 atom stereocenters. The Balaban J connectivity index is 2.30. The maximum atomic E-state index is 9.88. The second kappa shape index (κ2) is 5.72. The van der Waals surface area contributed by atoms with Crippen LogP contribution >= 0.6 is 0 Å². The van der Waals surface area contributed by atoms with E-state index in [2.05, 4.69) is 13.8 Å². The van der Waals surface area contributed by atoms with Gasteiger partial charge in [-0.25, -0.2) is 0 Å². The number of hydrogen-bond acceptors (Lipinski definition) is 2. The van der Waals surface area contributed by atoms with Gasteiger partial charge in [0.25, 0.3) is 0 Å². The van der Waals surface area contributed by atoms with Gasteiger partial charge < -0.3 is 9.84 Å². The third-order valence-corrected chi connectivity index (χ3v) is 3.68. The summed E-state index contributed by atoms with van der Waals surface area (Å²) in [6.45, 7) is 7.80. The summed E-state index contributed by atoms with van der Waals surface area (Å²) in [5, 5.41) is 9.88. The smallest absolute Gasteiger partial charge is 0.0801 e. The first-order valence-electron chi connectivity index (χ1n) is 5.91. The van der Waals surface area contributed by atoms with Crippen LogP contribution in [0.3, 0.4) is 0 Å². The molecular formula is C12H24O2. The highest BCUT2D eigenvalue weighted by molar-refractivity contribution is 4.79. The lowest BCUT2D eigenvalue weighted by Gasteiger charge is -2.34. The average Bonchev–Trinajstić information content (AvgIpc) is 2.18. The summed E-state index contributed by atoms with van der Waals surface area (Å²) in [5.41, 5.74) is 0. The molecule has 0 heterocycles. The predicted octanol–water partition coefficient (Wildman–Crippen LogP) is 2.46. The number of rotatable bonds is 4. The Hall–Kier alpha value is -0.0800. The van der Waals surface area contributed by atoms with Gasteiger partial charge in [-0.1, -0.05) is 20.3 Å². The molecule has 0 radical (unpaired) electrons. The Bertz CT molecular complexity index is 158. The lowest BCUT2D eigenvalue weighted by molar-refractivity contribution is -0.0125. The topological polar surface area (TPSA) is 29.5 Å². The molecule has 1 aliphatic rings. The highest BCUT2D eigenvalue weighted by atomic mass is 16.5. The largest absolute Gasteiger partial charge is 0.390 e. The summed E-state index contributed by atoms with van der Waals surface area (Å²) >= 11 is 0. The van der Waals surface area contributed by atoms with E-state index in [9.17, 15) is 5.11 Å². The molecule has 0 aromatic carbocycles. The zero-order valence-electron chi connectivity index (χ0n) is 9.70. The van der Waals surface area contributed by atoms with Crippen LogP contribution in [0, 0.1) is 17.8 Å². The predicted molar refractivity (Wildman–Crippen MR) is 58.2 cm³/mol. The second-order valence-corrected chi connectivity index (χ2v) is 4.75. The van der Waals surface area contributed by atoms with Crippen molar-refractivity contribution >= 4 is 0 Å². The second-order valence-electron chi connectivity index (χ2n) is 4.75. The normalized spacial score (nSPS) is 35.6. The maximum absolute atomic E-state index is 9.88. The molecule has 0 aromatic heterocycles. The molecule has 14 heavy (non-hydrogen) atoms. The van der Waals surface area contributed by atoms with E-state index in [0.29, 0.717) is 19.1 Å². The monoisotopic (exact) mass is 200 g/mol. The molecule has 0 aromatic rings. The van der Waals surface area contributed by atoms with Crippen molar-refractivity contribution in [1.29, 1.82) is 0 Å². The molecular weight excluding hydrogens is 176 g/mol. The molecule has 84 valence electrons. The van der Waals surface area contributed by atoms with Crippen molar-refractivity contribution in [2.45, 2.75) is 46.1 Å². The molecule has 0 bridgehead atoms. The SMILES string of the molecule is CCOCC(O)C1CCC(C)C(C)C1. The summed E-state index contributed by atoms with van der Waals surface area (Å²) in [4.78, 5) is 0.